The number of aliphatic hydroxyl groups is 1. The lowest BCUT2D eigenvalue weighted by molar-refractivity contribution is -0.0515. The molecule has 2 atom stereocenters. The number of hydrogen-bond donors (Lipinski definition) is 3. The first kappa shape index (κ1) is 24.2. The topological polar surface area (TPSA) is 151 Å². The summed E-state index contributed by atoms with van der Waals surface area (Å²) in [7, 11) is 0. The molecule has 4 N–H and O–H groups in total. The molecule has 3 fully saturated rings. The lowest BCUT2D eigenvalue weighted by Gasteiger charge is -2.43. The van der Waals surface area contributed by atoms with E-state index >= 15 is 0 Å². The average Bonchev–Trinajstić information content (AvgIpc) is 3.37. The molecule has 8 rings (SSSR count). The first-order valence-corrected chi connectivity index (χ1v) is 14.1. The van der Waals surface area contributed by atoms with Crippen molar-refractivity contribution >= 4 is 17.4 Å². The van der Waals surface area contributed by atoms with E-state index in [1.165, 1.54) is 6.33 Å². The summed E-state index contributed by atoms with van der Waals surface area (Å²) in [5.74, 6) is 0.822. The van der Waals surface area contributed by atoms with Gasteiger partial charge in [-0.3, -0.25) is 14.9 Å². The van der Waals surface area contributed by atoms with Crippen LogP contribution in [0.1, 0.15) is 66.3 Å². The van der Waals surface area contributed by atoms with Crippen LogP contribution >= 0.6 is 0 Å². The molecular weight excluding hydrogens is 518 g/mol. The molecule has 6 heterocycles. The summed E-state index contributed by atoms with van der Waals surface area (Å²) in [6.45, 7) is 0. The predicted octanol–water partition coefficient (Wildman–Crippen LogP) is 3.69. The van der Waals surface area contributed by atoms with Crippen LogP contribution in [0.2, 0.25) is 0 Å². The van der Waals surface area contributed by atoms with Crippen LogP contribution in [-0.2, 0) is 5.60 Å². The summed E-state index contributed by atoms with van der Waals surface area (Å²) < 4.78 is 1.69. The Hall–Kier alpha value is -4.64. The first-order valence-electron chi connectivity index (χ1n) is 14.1. The summed E-state index contributed by atoms with van der Waals surface area (Å²) in [6, 6.07) is 13.8. The van der Waals surface area contributed by atoms with E-state index in [1.807, 2.05) is 53.6 Å². The lowest BCUT2D eigenvalue weighted by atomic mass is 9.80. The molecule has 5 aromatic rings. The number of aromatic nitrogens is 7. The second-order valence-electron chi connectivity index (χ2n) is 11.5. The molecule has 0 unspecified atom stereocenters. The number of benzene rings is 1. The van der Waals surface area contributed by atoms with Crippen molar-refractivity contribution in [3.8, 4) is 22.4 Å². The number of nitrogens with two attached hydrogens (primary N) is 1. The highest BCUT2D eigenvalue weighted by molar-refractivity contribution is 5.91. The summed E-state index contributed by atoms with van der Waals surface area (Å²) in [6.07, 6.45) is 9.36. The summed E-state index contributed by atoms with van der Waals surface area (Å²) in [5, 5.41) is 23.5. The molecule has 206 valence electrons. The number of fused-ring (bicyclic) bond motifs is 3. The van der Waals surface area contributed by atoms with E-state index in [9.17, 15) is 9.90 Å². The van der Waals surface area contributed by atoms with Gasteiger partial charge < -0.3 is 15.7 Å². The number of nitrogens with zero attached hydrogens (tertiary/aromatic N) is 7. The van der Waals surface area contributed by atoms with Crippen LogP contribution in [0.4, 0.5) is 5.82 Å². The van der Waals surface area contributed by atoms with Gasteiger partial charge >= 0.3 is 0 Å². The van der Waals surface area contributed by atoms with Crippen LogP contribution in [0, 0.1) is 0 Å². The zero-order chi connectivity index (χ0) is 27.7. The van der Waals surface area contributed by atoms with Gasteiger partial charge in [0.05, 0.1) is 17.6 Å². The highest BCUT2D eigenvalue weighted by Gasteiger charge is 2.53. The van der Waals surface area contributed by atoms with Crippen LogP contribution in [0.5, 0.6) is 0 Å². The van der Waals surface area contributed by atoms with Crippen molar-refractivity contribution in [2.45, 2.75) is 62.1 Å². The normalized spacial score (nSPS) is 23.8. The van der Waals surface area contributed by atoms with E-state index in [-0.39, 0.29) is 29.7 Å². The van der Waals surface area contributed by atoms with Gasteiger partial charge in [-0.25, -0.2) is 9.97 Å². The molecule has 3 aliphatic rings. The molecule has 11 heteroatoms. The van der Waals surface area contributed by atoms with Gasteiger partial charge in [0.25, 0.3) is 5.91 Å². The highest BCUT2D eigenvalue weighted by atomic mass is 16.3. The molecule has 1 aromatic carbocycles. The Morgan fingerprint density at radius 1 is 0.976 bits per heavy atom. The van der Waals surface area contributed by atoms with Crippen molar-refractivity contribution in [2.24, 2.45) is 0 Å². The van der Waals surface area contributed by atoms with E-state index in [2.05, 4.69) is 20.3 Å². The lowest BCUT2D eigenvalue weighted by Crippen LogP contribution is -2.52. The smallest absolute Gasteiger partial charge is 0.291 e. The molecule has 11 nitrogen and oxygen atoms in total. The Bertz CT molecular complexity index is 1750. The molecule has 4 aromatic heterocycles. The minimum Gasteiger partial charge on any atom is -0.383 e. The number of carbonyl (C=O) groups excluding carboxylic acids is 1. The van der Waals surface area contributed by atoms with Crippen molar-refractivity contribution in [1.29, 1.82) is 0 Å². The largest absolute Gasteiger partial charge is 0.383 e. The van der Waals surface area contributed by atoms with E-state index in [4.69, 9.17) is 15.7 Å². The van der Waals surface area contributed by atoms with Gasteiger partial charge in [-0.15, -0.1) is 0 Å². The molecule has 2 bridgehead atoms. The van der Waals surface area contributed by atoms with E-state index in [1.54, 1.807) is 10.7 Å². The van der Waals surface area contributed by atoms with Gasteiger partial charge in [0, 0.05) is 53.4 Å². The fourth-order valence-electron chi connectivity index (χ4n) is 6.87. The number of rotatable bonds is 5. The van der Waals surface area contributed by atoms with Gasteiger partial charge in [0.15, 0.2) is 5.65 Å². The Morgan fingerprint density at radius 2 is 1.76 bits per heavy atom. The quantitative estimate of drug-likeness (QED) is 0.301. The fraction of sp³-hybridized carbons (Fsp3) is 0.333. The second-order valence-corrected chi connectivity index (χ2v) is 11.5. The van der Waals surface area contributed by atoms with Crippen molar-refractivity contribution in [1.82, 2.24) is 39.7 Å². The van der Waals surface area contributed by atoms with Crippen LogP contribution in [-0.4, -0.2) is 62.8 Å². The first-order chi connectivity index (χ1) is 20.0. The third kappa shape index (κ3) is 3.83. The minimum absolute atomic E-state index is 0.123. The third-order valence-electron chi connectivity index (χ3n) is 8.91. The number of amides is 1. The Kier molecular flexibility index (Phi) is 5.27. The van der Waals surface area contributed by atoms with Crippen LogP contribution in [0.15, 0.2) is 61.2 Å². The summed E-state index contributed by atoms with van der Waals surface area (Å²) >= 11 is 0. The van der Waals surface area contributed by atoms with Crippen LogP contribution in [0.25, 0.3) is 28.0 Å². The van der Waals surface area contributed by atoms with Gasteiger partial charge in [-0.05, 0) is 37.7 Å². The summed E-state index contributed by atoms with van der Waals surface area (Å²) in [4.78, 5) is 29.0. The van der Waals surface area contributed by atoms with Gasteiger partial charge in [-0.1, -0.05) is 36.4 Å². The maximum Gasteiger partial charge on any atom is 0.291 e. The monoisotopic (exact) mass is 547 g/mol. The fourth-order valence-corrected chi connectivity index (χ4v) is 6.87. The van der Waals surface area contributed by atoms with Crippen LogP contribution in [0.3, 0.4) is 0 Å². The number of piperidine rings is 1. The SMILES string of the molecule is Nc1c(C2CC2)c(C2(O)C[C@H]3CC[C@H](C2)N3C(=O)c2ncn[nH]2)nc2c(-c3ccc(-c4ccccc4)nc3)cnn12. The Labute approximate surface area is 235 Å². The van der Waals surface area contributed by atoms with Gasteiger partial charge in [-0.2, -0.15) is 14.7 Å². The Morgan fingerprint density at radius 3 is 2.41 bits per heavy atom. The van der Waals surface area contributed by atoms with Crippen molar-refractivity contribution < 1.29 is 9.90 Å². The second kappa shape index (κ2) is 8.93. The van der Waals surface area contributed by atoms with E-state index in [0.29, 0.717) is 30.0 Å². The number of hydrogen-bond acceptors (Lipinski definition) is 8. The molecule has 0 radical (unpaired) electrons. The number of anilines is 1. The summed E-state index contributed by atoms with van der Waals surface area (Å²) in [5.41, 5.74) is 11.3. The van der Waals surface area contributed by atoms with Crippen molar-refractivity contribution in [3.63, 3.8) is 0 Å². The maximum absolute atomic E-state index is 13.2. The Balaban J connectivity index is 1.19. The van der Waals surface area contributed by atoms with Crippen molar-refractivity contribution in [3.05, 3.63) is 78.3 Å². The maximum atomic E-state index is 13.2. The number of aromatic amines is 1. The number of carbonyl (C=O) groups is 1. The zero-order valence-corrected chi connectivity index (χ0v) is 22.3. The number of nitrogen functional groups attached to an aromatic ring is 1. The number of nitrogens with one attached hydrogen (secondary N) is 1. The van der Waals surface area contributed by atoms with Crippen LogP contribution < -0.4 is 5.73 Å². The molecule has 0 spiro atoms. The predicted molar refractivity (Wildman–Crippen MR) is 151 cm³/mol. The molecule has 1 aliphatic carbocycles. The van der Waals surface area contributed by atoms with E-state index in [0.717, 1.165) is 53.6 Å². The molecule has 1 saturated carbocycles. The molecule has 2 aliphatic heterocycles. The molecule has 2 saturated heterocycles. The molecule has 41 heavy (non-hydrogen) atoms. The van der Waals surface area contributed by atoms with Gasteiger partial charge in [0.1, 0.15) is 17.7 Å². The van der Waals surface area contributed by atoms with Crippen molar-refractivity contribution in [2.75, 3.05) is 5.73 Å². The number of pyridine rings is 1. The van der Waals surface area contributed by atoms with Gasteiger partial charge in [0.2, 0.25) is 5.82 Å². The zero-order valence-electron chi connectivity index (χ0n) is 22.3. The standard InChI is InChI=1S/C30H29N9O2/c31-26-24(18-6-7-18)25(30(41)12-20-9-10-21(13-30)38(20)29(40)27-33-16-34-37-27)36-28-22(15-35-39(26)28)19-8-11-23(32-14-19)17-4-2-1-3-5-17/h1-5,8,11,14-16,18,20-21,41H,6-7,9-10,12-13,31H2,(H,33,34,37)/t20-,21-/m1/s1. The van der Waals surface area contributed by atoms with E-state index < -0.39 is 5.60 Å². The average molecular weight is 548 g/mol. The molecular formula is C30H29N9O2. The third-order valence-corrected chi connectivity index (χ3v) is 8.91. The highest BCUT2D eigenvalue weighted by Crippen LogP contribution is 2.52. The molecule has 1 amide bonds. The number of H-pyrrole nitrogens is 1. The minimum atomic E-state index is -1.21.